The van der Waals surface area contributed by atoms with Crippen LogP contribution in [-0.2, 0) is 0 Å². The first kappa shape index (κ1) is 19.9. The van der Waals surface area contributed by atoms with Crippen LogP contribution < -0.4 is 4.74 Å². The molecule has 3 fully saturated rings. The third-order valence-electron chi connectivity index (χ3n) is 6.00. The molecule has 3 aromatic heterocycles. The van der Waals surface area contributed by atoms with E-state index in [2.05, 4.69) is 19.9 Å². The van der Waals surface area contributed by atoms with E-state index in [1.807, 2.05) is 24.0 Å². The van der Waals surface area contributed by atoms with Crippen molar-refractivity contribution in [2.75, 3.05) is 6.54 Å². The van der Waals surface area contributed by atoms with Gasteiger partial charge >= 0.3 is 0 Å². The first-order valence-corrected chi connectivity index (χ1v) is 10.8. The van der Waals surface area contributed by atoms with Crippen molar-refractivity contribution in [1.29, 1.82) is 0 Å². The smallest absolute Gasteiger partial charge is 0.256 e. The summed E-state index contributed by atoms with van der Waals surface area (Å²) < 4.78 is 6.19. The van der Waals surface area contributed by atoms with Crippen LogP contribution in [0, 0.1) is 12.8 Å². The Labute approximate surface area is 185 Å². The number of fused-ring (bicyclic) bond motifs is 3. The first-order valence-electron chi connectivity index (χ1n) is 10.4. The fraction of sp³-hybridized carbons (Fsp3) is 0.348. The highest BCUT2D eigenvalue weighted by molar-refractivity contribution is 6.30. The molecule has 0 aromatic carbocycles. The van der Waals surface area contributed by atoms with E-state index in [-0.39, 0.29) is 18.1 Å². The van der Waals surface area contributed by atoms with E-state index in [9.17, 15) is 4.79 Å². The highest BCUT2D eigenvalue weighted by atomic mass is 35.5. The molecule has 7 nitrogen and oxygen atoms in total. The summed E-state index contributed by atoms with van der Waals surface area (Å²) in [5.74, 6) is 1.34. The minimum atomic E-state index is -0.0973. The summed E-state index contributed by atoms with van der Waals surface area (Å²) in [5.41, 5.74) is 1.85. The predicted molar refractivity (Wildman–Crippen MR) is 116 cm³/mol. The molecular weight excluding hydrogens is 414 g/mol. The SMILES string of the molecule is Cc1ccc(C(=O)N2C[C@@H]3CC[C@H]2[C@H](Oc2ccc(Cl)cn2)C3)c(-c2ncccn2)n1. The van der Waals surface area contributed by atoms with Gasteiger partial charge < -0.3 is 9.64 Å². The molecule has 8 heteroatoms. The van der Waals surface area contributed by atoms with Gasteiger partial charge in [0, 0.05) is 36.9 Å². The summed E-state index contributed by atoms with van der Waals surface area (Å²) >= 11 is 5.94. The number of hydrogen-bond acceptors (Lipinski definition) is 6. The fourth-order valence-corrected chi connectivity index (χ4v) is 4.67. The fourth-order valence-electron chi connectivity index (χ4n) is 4.55. The van der Waals surface area contributed by atoms with E-state index in [0.717, 1.165) is 31.5 Å². The van der Waals surface area contributed by atoms with E-state index in [1.165, 1.54) is 0 Å². The maximum absolute atomic E-state index is 13.7. The third kappa shape index (κ3) is 3.97. The zero-order valence-corrected chi connectivity index (χ0v) is 17.9. The van der Waals surface area contributed by atoms with Crippen molar-refractivity contribution in [3.63, 3.8) is 0 Å². The molecule has 0 spiro atoms. The van der Waals surface area contributed by atoms with Crippen molar-refractivity contribution in [1.82, 2.24) is 24.8 Å². The van der Waals surface area contributed by atoms with Crippen LogP contribution in [0.1, 0.15) is 35.3 Å². The lowest BCUT2D eigenvalue weighted by molar-refractivity contribution is -0.0313. The van der Waals surface area contributed by atoms with E-state index in [1.54, 1.807) is 36.8 Å². The maximum atomic E-state index is 13.7. The van der Waals surface area contributed by atoms with Gasteiger partial charge in [0.2, 0.25) is 5.88 Å². The van der Waals surface area contributed by atoms with Crippen LogP contribution in [0.3, 0.4) is 0 Å². The molecule has 0 N–H and O–H groups in total. The second-order valence-corrected chi connectivity index (χ2v) is 8.53. The molecule has 1 aliphatic carbocycles. The van der Waals surface area contributed by atoms with Gasteiger partial charge in [0.1, 0.15) is 11.8 Å². The molecule has 2 saturated heterocycles. The molecule has 1 saturated carbocycles. The second kappa shape index (κ2) is 8.23. The van der Waals surface area contributed by atoms with Crippen LogP contribution in [0.2, 0.25) is 5.02 Å². The number of hydrogen-bond donors (Lipinski definition) is 0. The monoisotopic (exact) mass is 435 g/mol. The van der Waals surface area contributed by atoms with Gasteiger partial charge in [0.15, 0.2) is 5.82 Å². The van der Waals surface area contributed by atoms with Crippen LogP contribution in [0.4, 0.5) is 0 Å². The van der Waals surface area contributed by atoms with Crippen molar-refractivity contribution in [3.05, 3.63) is 65.2 Å². The lowest BCUT2D eigenvalue weighted by atomic mass is 9.77. The molecule has 2 aliphatic heterocycles. The van der Waals surface area contributed by atoms with Crippen molar-refractivity contribution in [3.8, 4) is 17.4 Å². The van der Waals surface area contributed by atoms with Crippen LogP contribution in [0.15, 0.2) is 48.9 Å². The Morgan fingerprint density at radius 2 is 1.97 bits per heavy atom. The molecule has 0 unspecified atom stereocenters. The molecule has 0 radical (unpaired) electrons. The topological polar surface area (TPSA) is 81.1 Å². The van der Waals surface area contributed by atoms with E-state index in [4.69, 9.17) is 16.3 Å². The summed E-state index contributed by atoms with van der Waals surface area (Å²) in [4.78, 5) is 33.1. The highest BCUT2D eigenvalue weighted by Crippen LogP contribution is 2.38. The molecule has 1 amide bonds. The number of ether oxygens (including phenoxy) is 1. The number of rotatable bonds is 4. The first-order chi connectivity index (χ1) is 15.1. The Balaban J connectivity index is 1.44. The molecule has 158 valence electrons. The van der Waals surface area contributed by atoms with Crippen LogP contribution >= 0.6 is 11.6 Å². The Kier molecular flexibility index (Phi) is 5.28. The van der Waals surface area contributed by atoms with Gasteiger partial charge in [-0.2, -0.15) is 0 Å². The normalized spacial score (nSPS) is 22.4. The molecule has 3 aromatic rings. The minimum absolute atomic E-state index is 0.0131. The largest absolute Gasteiger partial charge is 0.472 e. The van der Waals surface area contributed by atoms with E-state index >= 15 is 0 Å². The molecule has 3 atom stereocenters. The number of halogens is 1. The molecule has 31 heavy (non-hydrogen) atoms. The quantitative estimate of drug-likeness (QED) is 0.616. The van der Waals surface area contributed by atoms with Gasteiger partial charge in [-0.05, 0) is 56.4 Å². The van der Waals surface area contributed by atoms with E-state index in [0.29, 0.717) is 33.9 Å². The number of amides is 1. The van der Waals surface area contributed by atoms with Crippen molar-refractivity contribution < 1.29 is 9.53 Å². The number of aromatic nitrogens is 4. The average molecular weight is 436 g/mol. The van der Waals surface area contributed by atoms with E-state index < -0.39 is 0 Å². The van der Waals surface area contributed by atoms with Gasteiger partial charge in [-0.25, -0.2) is 19.9 Å². The summed E-state index contributed by atoms with van der Waals surface area (Å²) in [5, 5.41) is 0.567. The average Bonchev–Trinajstić information content (AvgIpc) is 2.81. The molecule has 2 bridgehead atoms. The van der Waals surface area contributed by atoms with Gasteiger partial charge in [-0.15, -0.1) is 0 Å². The zero-order chi connectivity index (χ0) is 21.4. The molecular formula is C23H22ClN5O2. The number of nitrogens with zero attached hydrogens (tertiary/aromatic N) is 5. The lowest BCUT2D eigenvalue weighted by Crippen LogP contribution is -2.59. The second-order valence-electron chi connectivity index (χ2n) is 8.10. The van der Waals surface area contributed by atoms with Crippen LogP contribution in [-0.4, -0.2) is 49.4 Å². The molecule has 5 heterocycles. The Hall–Kier alpha value is -3.06. The number of carbonyl (C=O) groups excluding carboxylic acids is 1. The number of piperidine rings is 2. The van der Waals surface area contributed by atoms with Crippen molar-refractivity contribution in [2.24, 2.45) is 5.92 Å². The number of pyridine rings is 2. The number of aryl methyl sites for hydroxylation is 1. The third-order valence-corrected chi connectivity index (χ3v) is 6.22. The summed E-state index contributed by atoms with van der Waals surface area (Å²) in [6.07, 6.45) is 7.72. The summed E-state index contributed by atoms with van der Waals surface area (Å²) in [7, 11) is 0. The Morgan fingerprint density at radius 3 is 2.71 bits per heavy atom. The summed E-state index contributed by atoms with van der Waals surface area (Å²) in [6, 6.07) is 8.95. The minimum Gasteiger partial charge on any atom is -0.472 e. The van der Waals surface area contributed by atoms with Gasteiger partial charge in [-0.1, -0.05) is 11.6 Å². The van der Waals surface area contributed by atoms with Crippen molar-refractivity contribution >= 4 is 17.5 Å². The van der Waals surface area contributed by atoms with Crippen LogP contribution in [0.25, 0.3) is 11.5 Å². The van der Waals surface area contributed by atoms with Gasteiger partial charge in [0.05, 0.1) is 16.6 Å². The van der Waals surface area contributed by atoms with Crippen molar-refractivity contribution in [2.45, 2.75) is 38.3 Å². The summed E-state index contributed by atoms with van der Waals surface area (Å²) in [6.45, 7) is 2.62. The Bertz CT molecular complexity index is 1090. The lowest BCUT2D eigenvalue weighted by Gasteiger charge is -2.49. The zero-order valence-electron chi connectivity index (χ0n) is 17.1. The molecule has 3 aliphatic rings. The molecule has 6 rings (SSSR count). The maximum Gasteiger partial charge on any atom is 0.256 e. The van der Waals surface area contributed by atoms with Gasteiger partial charge in [0.25, 0.3) is 5.91 Å². The highest BCUT2D eigenvalue weighted by Gasteiger charge is 2.45. The van der Waals surface area contributed by atoms with Gasteiger partial charge in [-0.3, -0.25) is 4.79 Å². The predicted octanol–water partition coefficient (Wildman–Crippen LogP) is 3.97. The Morgan fingerprint density at radius 1 is 1.13 bits per heavy atom. The standard InChI is InChI=1S/C23H22ClN5O2/c1-14-3-6-17(21(28-14)22-25-9-2-10-26-22)23(30)29-13-15-4-7-18(29)19(11-15)31-20-8-5-16(24)12-27-20/h2-3,5-6,8-10,12,15,18-19H,4,7,11,13H2,1H3/t15-,18+,19-/m1/s1. The van der Waals surface area contributed by atoms with Crippen LogP contribution in [0.5, 0.6) is 5.88 Å². The number of carbonyl (C=O) groups is 1.